The normalized spacial score (nSPS) is 16.6. The third kappa shape index (κ3) is 5.02. The molecule has 208 valence electrons. The fourth-order valence-electron chi connectivity index (χ4n) is 5.74. The van der Waals surface area contributed by atoms with E-state index in [1.54, 1.807) is 32.3 Å². The summed E-state index contributed by atoms with van der Waals surface area (Å²) in [5, 5.41) is 4.19. The summed E-state index contributed by atoms with van der Waals surface area (Å²) in [6.07, 6.45) is 2.66. The molecule has 1 aromatic heterocycles. The van der Waals surface area contributed by atoms with E-state index in [1.165, 1.54) is 0 Å². The molecule has 0 saturated carbocycles. The second-order valence-corrected chi connectivity index (χ2v) is 9.94. The van der Waals surface area contributed by atoms with Gasteiger partial charge in [0.2, 0.25) is 5.91 Å². The highest BCUT2D eigenvalue weighted by molar-refractivity contribution is 6.02. The summed E-state index contributed by atoms with van der Waals surface area (Å²) < 4.78 is 18.2. The first-order chi connectivity index (χ1) is 19.5. The number of fused-ring (bicyclic) bond motifs is 2. The number of aryl methyl sites for hydroxylation is 1. The maximum absolute atomic E-state index is 14.1. The van der Waals surface area contributed by atoms with Crippen molar-refractivity contribution in [2.75, 3.05) is 41.0 Å². The summed E-state index contributed by atoms with van der Waals surface area (Å²) in [5.41, 5.74) is 4.29. The quantitative estimate of drug-likeness (QED) is 0.320. The second kappa shape index (κ2) is 11.8. The number of rotatable bonds is 10. The smallest absolute Gasteiger partial charge is 0.254 e. The summed E-state index contributed by atoms with van der Waals surface area (Å²) in [4.78, 5) is 29.7. The molecule has 0 saturated heterocycles. The molecular weight excluding hydrogens is 506 g/mol. The van der Waals surface area contributed by atoms with Gasteiger partial charge in [0.05, 0.1) is 32.8 Å². The largest absolute Gasteiger partial charge is 0.493 e. The Hall–Kier alpha value is -4.30. The lowest BCUT2D eigenvalue weighted by molar-refractivity contribution is -0.124. The van der Waals surface area contributed by atoms with Crippen LogP contribution in [0.4, 0.5) is 0 Å². The number of aromatic nitrogens is 1. The van der Waals surface area contributed by atoms with E-state index < -0.39 is 12.0 Å². The van der Waals surface area contributed by atoms with Crippen LogP contribution < -0.4 is 14.8 Å². The number of benzene rings is 3. The third-order valence-corrected chi connectivity index (χ3v) is 7.66. The van der Waals surface area contributed by atoms with Crippen molar-refractivity contribution in [1.82, 2.24) is 14.8 Å². The van der Waals surface area contributed by atoms with E-state index >= 15 is 0 Å². The van der Waals surface area contributed by atoms with Crippen molar-refractivity contribution < 1.29 is 23.8 Å². The lowest BCUT2D eigenvalue weighted by atomic mass is 9.79. The predicted molar refractivity (Wildman–Crippen MR) is 154 cm³/mol. The molecule has 1 aliphatic heterocycles. The van der Waals surface area contributed by atoms with Gasteiger partial charge in [-0.2, -0.15) is 0 Å². The van der Waals surface area contributed by atoms with Crippen molar-refractivity contribution in [2.45, 2.75) is 18.4 Å². The van der Waals surface area contributed by atoms with Gasteiger partial charge in [-0.3, -0.25) is 9.59 Å². The molecule has 3 aromatic carbocycles. The number of nitrogens with one attached hydrogen (secondary N) is 1. The van der Waals surface area contributed by atoms with Crippen LogP contribution in [0.15, 0.2) is 72.9 Å². The van der Waals surface area contributed by atoms with Gasteiger partial charge >= 0.3 is 0 Å². The van der Waals surface area contributed by atoms with Gasteiger partial charge in [0.15, 0.2) is 11.5 Å². The minimum Gasteiger partial charge on any atom is -0.493 e. The molecule has 0 spiro atoms. The number of hydrogen-bond donors (Lipinski definition) is 1. The molecule has 1 N–H and O–H groups in total. The average molecular weight is 542 g/mol. The van der Waals surface area contributed by atoms with Gasteiger partial charge in [-0.25, -0.2) is 0 Å². The van der Waals surface area contributed by atoms with Crippen LogP contribution in [0.1, 0.15) is 39.0 Å². The molecule has 0 bridgehead atoms. The summed E-state index contributed by atoms with van der Waals surface area (Å²) in [6.45, 7) is 1.16. The average Bonchev–Trinajstić information content (AvgIpc) is 3.32. The molecule has 2 amide bonds. The Morgan fingerprint density at radius 2 is 1.68 bits per heavy atom. The van der Waals surface area contributed by atoms with Crippen molar-refractivity contribution in [3.63, 3.8) is 0 Å². The van der Waals surface area contributed by atoms with Gasteiger partial charge in [-0.05, 0) is 41.8 Å². The summed E-state index contributed by atoms with van der Waals surface area (Å²) in [7, 11) is 6.82. The Morgan fingerprint density at radius 3 is 2.45 bits per heavy atom. The number of hydrogen-bond acceptors (Lipinski definition) is 5. The van der Waals surface area contributed by atoms with Crippen LogP contribution in [0, 0.1) is 0 Å². The van der Waals surface area contributed by atoms with Crippen LogP contribution >= 0.6 is 0 Å². The molecule has 8 nitrogen and oxygen atoms in total. The standard InChI is InChI=1S/C32H35N3O5/c1-34-20-25(22-9-7-8-12-26(22)34)30-29(23-10-5-6-11-24(23)32(37)35(30)17-18-38-2)31(36)33-16-15-21-13-14-27(39-3)28(19-21)40-4/h5-14,19-20,29-30H,15-18H2,1-4H3,(H,33,36). The summed E-state index contributed by atoms with van der Waals surface area (Å²) in [6, 6.07) is 20.8. The van der Waals surface area contributed by atoms with Crippen molar-refractivity contribution in [1.29, 1.82) is 0 Å². The molecule has 0 radical (unpaired) electrons. The molecule has 5 rings (SSSR count). The molecule has 2 heterocycles. The summed E-state index contributed by atoms with van der Waals surface area (Å²) >= 11 is 0. The highest BCUT2D eigenvalue weighted by Crippen LogP contribution is 2.45. The van der Waals surface area contributed by atoms with Crippen molar-refractivity contribution in [2.24, 2.45) is 7.05 Å². The maximum atomic E-state index is 14.1. The third-order valence-electron chi connectivity index (χ3n) is 7.66. The number of carbonyl (C=O) groups excluding carboxylic acids is 2. The highest BCUT2D eigenvalue weighted by atomic mass is 16.5. The van der Waals surface area contributed by atoms with E-state index in [0.29, 0.717) is 43.2 Å². The molecule has 40 heavy (non-hydrogen) atoms. The first-order valence-corrected chi connectivity index (χ1v) is 13.4. The molecule has 1 aliphatic rings. The Balaban J connectivity index is 1.51. The Bertz CT molecular complexity index is 1530. The van der Waals surface area contributed by atoms with E-state index in [-0.39, 0.29) is 11.8 Å². The zero-order valence-corrected chi connectivity index (χ0v) is 23.3. The number of para-hydroxylation sites is 1. The second-order valence-electron chi connectivity index (χ2n) is 9.94. The van der Waals surface area contributed by atoms with Crippen LogP contribution in [-0.4, -0.2) is 62.3 Å². The molecule has 8 heteroatoms. The van der Waals surface area contributed by atoms with Crippen LogP contribution in [-0.2, 0) is 23.0 Å². The number of methoxy groups -OCH3 is 3. The zero-order valence-electron chi connectivity index (χ0n) is 23.3. The zero-order chi connectivity index (χ0) is 28.2. The molecular formula is C32H35N3O5. The number of ether oxygens (including phenoxy) is 3. The number of nitrogens with zero attached hydrogens (tertiary/aromatic N) is 2. The van der Waals surface area contributed by atoms with Crippen molar-refractivity contribution in [3.05, 3.63) is 95.2 Å². The monoisotopic (exact) mass is 541 g/mol. The van der Waals surface area contributed by atoms with Gasteiger partial charge in [0, 0.05) is 55.5 Å². The highest BCUT2D eigenvalue weighted by Gasteiger charge is 2.44. The minimum atomic E-state index is -0.595. The first kappa shape index (κ1) is 27.3. The van der Waals surface area contributed by atoms with Crippen molar-refractivity contribution in [3.8, 4) is 11.5 Å². The Kier molecular flexibility index (Phi) is 8.07. The van der Waals surface area contributed by atoms with Crippen molar-refractivity contribution >= 4 is 22.7 Å². The van der Waals surface area contributed by atoms with Gasteiger partial charge in [-0.15, -0.1) is 0 Å². The molecule has 4 aromatic rings. The molecule has 0 fully saturated rings. The number of carbonyl (C=O) groups is 2. The minimum absolute atomic E-state index is 0.0973. The van der Waals surface area contributed by atoms with E-state index in [9.17, 15) is 9.59 Å². The topological polar surface area (TPSA) is 82.0 Å². The number of amides is 2. The van der Waals surface area contributed by atoms with Gasteiger partial charge < -0.3 is 29.0 Å². The first-order valence-electron chi connectivity index (χ1n) is 13.4. The fourth-order valence-corrected chi connectivity index (χ4v) is 5.74. The van der Waals surface area contributed by atoms with E-state index in [2.05, 4.69) is 22.0 Å². The Morgan fingerprint density at radius 1 is 0.925 bits per heavy atom. The molecule has 0 aliphatic carbocycles. The maximum Gasteiger partial charge on any atom is 0.254 e. The fraction of sp³-hybridized carbons (Fsp3) is 0.312. The molecule has 2 atom stereocenters. The lowest BCUT2D eigenvalue weighted by Gasteiger charge is -2.41. The SMILES string of the molecule is COCCN1C(=O)c2ccccc2C(C(=O)NCCc2ccc(OC)c(OC)c2)C1c1cn(C)c2ccccc12. The lowest BCUT2D eigenvalue weighted by Crippen LogP contribution is -2.48. The summed E-state index contributed by atoms with van der Waals surface area (Å²) in [5.74, 6) is 0.492. The van der Waals surface area contributed by atoms with Gasteiger partial charge in [0.1, 0.15) is 0 Å². The predicted octanol–water partition coefficient (Wildman–Crippen LogP) is 4.48. The van der Waals surface area contributed by atoms with Gasteiger partial charge in [-0.1, -0.05) is 42.5 Å². The van der Waals surface area contributed by atoms with Gasteiger partial charge in [0.25, 0.3) is 5.91 Å². The van der Waals surface area contributed by atoms with E-state index in [0.717, 1.165) is 27.6 Å². The van der Waals surface area contributed by atoms with Crippen LogP contribution in [0.2, 0.25) is 0 Å². The van der Waals surface area contributed by atoms with Crippen LogP contribution in [0.5, 0.6) is 11.5 Å². The molecule has 2 unspecified atom stereocenters. The van der Waals surface area contributed by atoms with Crippen LogP contribution in [0.3, 0.4) is 0 Å². The Labute approximate surface area is 234 Å². The van der Waals surface area contributed by atoms with E-state index in [4.69, 9.17) is 14.2 Å². The van der Waals surface area contributed by atoms with Crippen LogP contribution in [0.25, 0.3) is 10.9 Å². The van der Waals surface area contributed by atoms with E-state index in [1.807, 2.05) is 61.8 Å².